The molecule has 0 saturated heterocycles. The fourth-order valence-corrected chi connectivity index (χ4v) is 9.59. The lowest BCUT2D eigenvalue weighted by Gasteiger charge is -2.17. The van der Waals surface area contributed by atoms with Crippen LogP contribution in [0, 0.1) is 0 Å². The number of fused-ring (bicyclic) bond motifs is 10. The third-order valence-electron chi connectivity index (χ3n) is 12.2. The number of hydrogen-bond donors (Lipinski definition) is 0. The SMILES string of the molecule is c1ccc(-c2nc(-c3ccccc3)nc(-c3ccc(-c4ccc5oc6ccccc6c5c4-c4cc5c6ccccc6n6c7ccccc7c(c4)c56)c4ccccc34)n2)cc1. The number of rotatable bonds is 5. The average molecular weight is 765 g/mol. The second-order valence-electron chi connectivity index (χ2n) is 15.5. The van der Waals surface area contributed by atoms with Gasteiger partial charge in [0, 0.05) is 54.6 Å². The minimum absolute atomic E-state index is 0.630. The van der Waals surface area contributed by atoms with Gasteiger partial charge >= 0.3 is 0 Å². The van der Waals surface area contributed by atoms with E-state index in [-0.39, 0.29) is 0 Å². The van der Waals surface area contributed by atoms with Gasteiger partial charge in [0.2, 0.25) is 0 Å². The summed E-state index contributed by atoms with van der Waals surface area (Å²) in [5.41, 5.74) is 12.8. The molecule has 60 heavy (non-hydrogen) atoms. The summed E-state index contributed by atoms with van der Waals surface area (Å²) in [6, 6.07) is 68.5. The Bertz CT molecular complexity index is 3690. The molecule has 0 fully saturated rings. The predicted molar refractivity (Wildman–Crippen MR) is 246 cm³/mol. The maximum absolute atomic E-state index is 6.60. The second-order valence-corrected chi connectivity index (χ2v) is 15.5. The summed E-state index contributed by atoms with van der Waals surface area (Å²) >= 11 is 0. The van der Waals surface area contributed by atoms with Crippen LogP contribution in [0.3, 0.4) is 0 Å². The molecule has 0 amide bonds. The van der Waals surface area contributed by atoms with Gasteiger partial charge in [0.1, 0.15) is 11.2 Å². The van der Waals surface area contributed by atoms with E-state index in [0.717, 1.165) is 71.7 Å². The maximum Gasteiger partial charge on any atom is 0.164 e. The lowest BCUT2D eigenvalue weighted by Crippen LogP contribution is -2.00. The Labute approximate surface area is 343 Å². The number of hydrogen-bond acceptors (Lipinski definition) is 4. The second kappa shape index (κ2) is 12.7. The van der Waals surface area contributed by atoms with E-state index in [1.54, 1.807) is 0 Å². The molecular formula is C55H32N4O. The Hall–Kier alpha value is -8.15. The molecule has 9 aromatic carbocycles. The molecule has 0 radical (unpaired) electrons. The molecule has 0 aliphatic carbocycles. The Balaban J connectivity index is 1.10. The van der Waals surface area contributed by atoms with Gasteiger partial charge in [-0.3, -0.25) is 0 Å². The van der Waals surface area contributed by atoms with E-state index in [4.69, 9.17) is 19.4 Å². The van der Waals surface area contributed by atoms with E-state index in [1.807, 2.05) is 66.7 Å². The van der Waals surface area contributed by atoms with Crippen molar-refractivity contribution in [3.05, 3.63) is 194 Å². The summed E-state index contributed by atoms with van der Waals surface area (Å²) in [5, 5.41) is 9.34. The molecule has 13 aromatic rings. The Morgan fingerprint density at radius 3 is 1.45 bits per heavy atom. The minimum Gasteiger partial charge on any atom is -0.456 e. The van der Waals surface area contributed by atoms with Gasteiger partial charge in [0.15, 0.2) is 17.5 Å². The number of aromatic nitrogens is 4. The molecule has 4 heterocycles. The van der Waals surface area contributed by atoms with Crippen LogP contribution >= 0.6 is 0 Å². The lowest BCUT2D eigenvalue weighted by molar-refractivity contribution is 0.669. The van der Waals surface area contributed by atoms with Crippen LogP contribution in [0.5, 0.6) is 0 Å². The molecule has 0 N–H and O–H groups in total. The lowest BCUT2D eigenvalue weighted by atomic mass is 9.86. The van der Waals surface area contributed by atoms with Crippen molar-refractivity contribution in [3.63, 3.8) is 0 Å². The van der Waals surface area contributed by atoms with Crippen LogP contribution in [-0.4, -0.2) is 19.4 Å². The zero-order chi connectivity index (χ0) is 39.3. The molecule has 0 aliphatic rings. The first-order valence-corrected chi connectivity index (χ1v) is 20.3. The highest BCUT2D eigenvalue weighted by Crippen LogP contribution is 2.48. The molecule has 4 aromatic heterocycles. The van der Waals surface area contributed by atoms with Crippen molar-refractivity contribution in [2.24, 2.45) is 0 Å². The molecule has 0 spiro atoms. The highest BCUT2D eigenvalue weighted by atomic mass is 16.3. The van der Waals surface area contributed by atoms with Crippen molar-refractivity contribution in [3.8, 4) is 56.4 Å². The minimum atomic E-state index is 0.630. The molecule has 0 bridgehead atoms. The fourth-order valence-electron chi connectivity index (χ4n) is 9.59. The van der Waals surface area contributed by atoms with Crippen LogP contribution in [-0.2, 0) is 0 Å². The van der Waals surface area contributed by atoms with Crippen molar-refractivity contribution >= 4 is 70.8 Å². The number of para-hydroxylation sites is 3. The third kappa shape index (κ3) is 4.77. The topological polar surface area (TPSA) is 56.2 Å². The monoisotopic (exact) mass is 764 g/mol. The van der Waals surface area contributed by atoms with Gasteiger partial charge in [-0.1, -0.05) is 146 Å². The summed E-state index contributed by atoms with van der Waals surface area (Å²) in [6.07, 6.45) is 0. The molecule has 278 valence electrons. The number of benzene rings is 9. The van der Waals surface area contributed by atoms with Crippen molar-refractivity contribution in [1.29, 1.82) is 0 Å². The van der Waals surface area contributed by atoms with Gasteiger partial charge < -0.3 is 8.82 Å². The van der Waals surface area contributed by atoms with E-state index in [0.29, 0.717) is 17.5 Å². The molecule has 0 atom stereocenters. The first-order valence-electron chi connectivity index (χ1n) is 20.3. The summed E-state index contributed by atoms with van der Waals surface area (Å²) in [7, 11) is 0. The maximum atomic E-state index is 6.60. The predicted octanol–water partition coefficient (Wildman–Crippen LogP) is 14.4. The van der Waals surface area contributed by atoms with E-state index in [9.17, 15) is 0 Å². The largest absolute Gasteiger partial charge is 0.456 e. The summed E-state index contributed by atoms with van der Waals surface area (Å²) in [4.78, 5) is 15.3. The normalized spacial score (nSPS) is 12.0. The fraction of sp³-hybridized carbons (Fsp3) is 0. The van der Waals surface area contributed by atoms with Crippen LogP contribution in [0.2, 0.25) is 0 Å². The van der Waals surface area contributed by atoms with Crippen LogP contribution in [0.1, 0.15) is 0 Å². The molecule has 13 rings (SSSR count). The van der Waals surface area contributed by atoms with Gasteiger partial charge in [-0.25, -0.2) is 15.0 Å². The van der Waals surface area contributed by atoms with E-state index >= 15 is 0 Å². The number of furan rings is 1. The van der Waals surface area contributed by atoms with Crippen LogP contribution in [0.4, 0.5) is 0 Å². The highest BCUT2D eigenvalue weighted by Gasteiger charge is 2.24. The van der Waals surface area contributed by atoms with Gasteiger partial charge in [-0.2, -0.15) is 0 Å². The van der Waals surface area contributed by atoms with Crippen molar-refractivity contribution < 1.29 is 4.42 Å². The standard InChI is InChI=1S/C55H32N4O/c1-3-15-33(16-4-1)53-56-54(34-17-5-2-6-18-34)58-55(57-53)42-28-27-38(36-19-7-8-20-37(36)42)41-29-30-49-51(43-23-11-14-26-48(43)60-49)50(41)35-31-44-39-21-9-12-24-46(39)59-47-25-13-10-22-40(47)45(32-35)52(44)59/h1-32H. The number of nitrogens with zero attached hydrogens (tertiary/aromatic N) is 4. The highest BCUT2D eigenvalue weighted by molar-refractivity contribution is 6.26. The Kier molecular flexibility index (Phi) is 6.95. The van der Waals surface area contributed by atoms with Gasteiger partial charge in [0.25, 0.3) is 0 Å². The van der Waals surface area contributed by atoms with Crippen molar-refractivity contribution in [2.45, 2.75) is 0 Å². The Morgan fingerprint density at radius 2 is 0.817 bits per heavy atom. The van der Waals surface area contributed by atoms with Crippen LogP contribution in [0.15, 0.2) is 199 Å². The van der Waals surface area contributed by atoms with E-state index in [2.05, 4.69) is 132 Å². The summed E-state index contributed by atoms with van der Waals surface area (Å²) in [5.74, 6) is 1.91. The zero-order valence-corrected chi connectivity index (χ0v) is 32.2. The smallest absolute Gasteiger partial charge is 0.164 e. The molecule has 5 nitrogen and oxygen atoms in total. The van der Waals surface area contributed by atoms with E-state index < -0.39 is 0 Å². The molecule has 5 heteroatoms. The average Bonchev–Trinajstić information content (AvgIpc) is 3.98. The van der Waals surface area contributed by atoms with Gasteiger partial charge in [0.05, 0.1) is 16.6 Å². The first kappa shape index (κ1) is 32.9. The summed E-state index contributed by atoms with van der Waals surface area (Å²) < 4.78 is 9.04. The van der Waals surface area contributed by atoms with Crippen molar-refractivity contribution in [2.75, 3.05) is 0 Å². The van der Waals surface area contributed by atoms with E-state index in [1.165, 1.54) is 38.1 Å². The molecule has 0 unspecified atom stereocenters. The Morgan fingerprint density at radius 1 is 0.333 bits per heavy atom. The van der Waals surface area contributed by atoms with Crippen LogP contribution < -0.4 is 0 Å². The third-order valence-corrected chi connectivity index (χ3v) is 12.2. The quantitative estimate of drug-likeness (QED) is 0.175. The van der Waals surface area contributed by atoms with Gasteiger partial charge in [-0.05, 0) is 76.0 Å². The molecular weight excluding hydrogens is 733 g/mol. The first-order chi connectivity index (χ1) is 29.8. The van der Waals surface area contributed by atoms with Crippen LogP contribution in [0.25, 0.3) is 127 Å². The van der Waals surface area contributed by atoms with Gasteiger partial charge in [-0.15, -0.1) is 0 Å². The van der Waals surface area contributed by atoms with Crippen molar-refractivity contribution in [1.82, 2.24) is 19.4 Å². The zero-order valence-electron chi connectivity index (χ0n) is 32.2. The molecule has 0 aliphatic heterocycles. The summed E-state index contributed by atoms with van der Waals surface area (Å²) in [6.45, 7) is 0. The molecule has 0 saturated carbocycles.